The van der Waals surface area contributed by atoms with Gasteiger partial charge in [-0.2, -0.15) is 0 Å². The molecule has 8 atom stereocenters. The zero-order chi connectivity index (χ0) is 67.4. The lowest BCUT2D eigenvalue weighted by atomic mass is 9.99. The maximum Gasteiger partial charge on any atom is 0.306 e. The lowest BCUT2D eigenvalue weighted by molar-refractivity contribution is -0.305. The fourth-order valence-corrected chi connectivity index (χ4v) is 11.1. The molecule has 1 amide bonds. The monoisotopic (exact) mass is 1300 g/mol. The first-order valence-electron chi connectivity index (χ1n) is 38.0. The molecule has 532 valence electrons. The number of esters is 1. The Kier molecular flexibility index (Phi) is 63.3. The van der Waals surface area contributed by atoms with Crippen molar-refractivity contribution in [1.29, 1.82) is 0 Å². The maximum absolute atomic E-state index is 13.5. The molecule has 0 aromatic carbocycles. The predicted molar refractivity (Wildman–Crippen MR) is 393 cm³/mol. The Morgan fingerprint density at radius 3 is 1.18 bits per heavy atom. The van der Waals surface area contributed by atoms with E-state index in [2.05, 4.69) is 148 Å². The Morgan fingerprint density at radius 2 is 0.774 bits per heavy atom. The van der Waals surface area contributed by atoms with Crippen molar-refractivity contribution in [2.75, 3.05) is 13.2 Å². The van der Waals surface area contributed by atoms with E-state index < -0.39 is 67.4 Å². The number of hydrogen-bond acceptors (Lipinski definition) is 10. The van der Waals surface area contributed by atoms with Crippen LogP contribution in [-0.2, 0) is 23.8 Å². The highest BCUT2D eigenvalue weighted by Gasteiger charge is 2.47. The first kappa shape index (κ1) is 86.8. The number of unbranched alkanes of at least 4 members (excludes halogenated alkanes) is 30. The summed E-state index contributed by atoms with van der Waals surface area (Å²) in [7, 11) is 0. The predicted octanol–water partition coefficient (Wildman–Crippen LogP) is 20.3. The van der Waals surface area contributed by atoms with Crippen molar-refractivity contribution in [2.45, 2.75) is 359 Å². The number of nitrogens with one attached hydrogen (secondary N) is 1. The molecule has 1 fully saturated rings. The number of rotatable bonds is 64. The minimum atomic E-state index is -1.63. The molecule has 6 N–H and O–H groups in total. The highest BCUT2D eigenvalue weighted by Crippen LogP contribution is 2.26. The van der Waals surface area contributed by atoms with Crippen molar-refractivity contribution in [1.82, 2.24) is 5.32 Å². The zero-order valence-corrected chi connectivity index (χ0v) is 59.3. The summed E-state index contributed by atoms with van der Waals surface area (Å²) in [6.45, 7) is 5.66. The van der Waals surface area contributed by atoms with E-state index in [1.54, 1.807) is 6.08 Å². The lowest BCUT2D eigenvalue weighted by Crippen LogP contribution is -2.61. The molecule has 1 aliphatic rings. The van der Waals surface area contributed by atoms with E-state index in [0.717, 1.165) is 135 Å². The first-order valence-corrected chi connectivity index (χ1v) is 38.0. The minimum absolute atomic E-state index is 0.111. The van der Waals surface area contributed by atoms with Gasteiger partial charge in [-0.25, -0.2) is 0 Å². The van der Waals surface area contributed by atoms with Crippen molar-refractivity contribution >= 4 is 11.9 Å². The largest absolute Gasteiger partial charge is 0.454 e. The van der Waals surface area contributed by atoms with Crippen molar-refractivity contribution in [2.24, 2.45) is 0 Å². The number of aliphatic hydroxyl groups is 5. The molecule has 1 rings (SSSR count). The fraction of sp³-hybridized carbons (Fsp3) is 0.707. The van der Waals surface area contributed by atoms with Crippen LogP contribution in [0.4, 0.5) is 0 Å². The normalized spacial score (nSPS) is 18.6. The van der Waals surface area contributed by atoms with E-state index in [1.807, 2.05) is 6.08 Å². The zero-order valence-electron chi connectivity index (χ0n) is 59.3. The van der Waals surface area contributed by atoms with Crippen LogP contribution in [0.15, 0.2) is 134 Å². The molecule has 0 aromatic rings. The maximum atomic E-state index is 13.5. The summed E-state index contributed by atoms with van der Waals surface area (Å²) in [4.78, 5) is 26.8. The van der Waals surface area contributed by atoms with Gasteiger partial charge >= 0.3 is 5.97 Å². The third kappa shape index (κ3) is 54.6. The topological polar surface area (TPSA) is 175 Å². The molecule has 11 heteroatoms. The molecule has 0 bridgehead atoms. The number of carbonyl (C=O) groups excluding carboxylic acids is 2. The van der Waals surface area contributed by atoms with Crippen molar-refractivity contribution in [3.63, 3.8) is 0 Å². The Hall–Kier alpha value is -4.20. The number of aliphatic hydroxyl groups excluding tert-OH is 5. The third-order valence-electron chi connectivity index (χ3n) is 17.0. The van der Waals surface area contributed by atoms with Crippen molar-refractivity contribution < 1.29 is 49.3 Å². The average Bonchev–Trinajstić information content (AvgIpc) is 0.918. The van der Waals surface area contributed by atoms with Gasteiger partial charge in [-0.1, -0.05) is 315 Å². The quantitative estimate of drug-likeness (QED) is 0.0195. The van der Waals surface area contributed by atoms with Gasteiger partial charge in [0.05, 0.1) is 25.4 Å². The van der Waals surface area contributed by atoms with Crippen LogP contribution < -0.4 is 5.32 Å². The van der Waals surface area contributed by atoms with Gasteiger partial charge < -0.3 is 45.1 Å². The number of carbonyl (C=O) groups is 2. The Morgan fingerprint density at radius 1 is 0.430 bits per heavy atom. The van der Waals surface area contributed by atoms with Crippen LogP contribution in [0.25, 0.3) is 0 Å². The summed E-state index contributed by atoms with van der Waals surface area (Å²) in [5.41, 5.74) is 0. The molecule has 0 aliphatic carbocycles. The molecular formula is C82H139NO10. The average molecular weight is 1300 g/mol. The van der Waals surface area contributed by atoms with Crippen LogP contribution in [0, 0.1) is 0 Å². The van der Waals surface area contributed by atoms with E-state index >= 15 is 0 Å². The van der Waals surface area contributed by atoms with Gasteiger partial charge in [0.1, 0.15) is 24.4 Å². The molecule has 93 heavy (non-hydrogen) atoms. The van der Waals surface area contributed by atoms with Gasteiger partial charge in [0, 0.05) is 6.42 Å². The Balaban J connectivity index is 2.57. The van der Waals surface area contributed by atoms with Crippen LogP contribution >= 0.6 is 0 Å². The van der Waals surface area contributed by atoms with E-state index in [9.17, 15) is 35.1 Å². The van der Waals surface area contributed by atoms with E-state index in [0.29, 0.717) is 12.8 Å². The van der Waals surface area contributed by atoms with Crippen molar-refractivity contribution in [3.05, 3.63) is 134 Å². The summed E-state index contributed by atoms with van der Waals surface area (Å²) >= 11 is 0. The summed E-state index contributed by atoms with van der Waals surface area (Å²) < 4.78 is 17.7. The van der Waals surface area contributed by atoms with Gasteiger partial charge in [0.25, 0.3) is 0 Å². The second kappa shape index (κ2) is 67.8. The van der Waals surface area contributed by atoms with Crippen molar-refractivity contribution in [3.8, 4) is 0 Å². The molecule has 0 radical (unpaired) electrons. The summed E-state index contributed by atoms with van der Waals surface area (Å²) in [6.07, 6.45) is 86.2. The molecule has 0 spiro atoms. The summed E-state index contributed by atoms with van der Waals surface area (Å²) in [5.74, 6) is -1.22. The first-order chi connectivity index (χ1) is 45.7. The van der Waals surface area contributed by atoms with E-state index in [1.165, 1.54) is 128 Å². The van der Waals surface area contributed by atoms with Gasteiger partial charge in [0.2, 0.25) is 5.91 Å². The molecule has 0 saturated carbocycles. The molecule has 1 saturated heterocycles. The number of amides is 1. The summed E-state index contributed by atoms with van der Waals surface area (Å²) in [6, 6.07) is -1.04. The molecule has 8 unspecified atom stereocenters. The fourth-order valence-electron chi connectivity index (χ4n) is 11.1. The number of allylic oxidation sites excluding steroid dienone is 21. The summed E-state index contributed by atoms with van der Waals surface area (Å²) in [5, 5.41) is 57.4. The smallest absolute Gasteiger partial charge is 0.306 e. The van der Waals surface area contributed by atoms with E-state index in [4.69, 9.17) is 14.2 Å². The second-order valence-electron chi connectivity index (χ2n) is 25.6. The lowest BCUT2D eigenvalue weighted by Gasteiger charge is -2.41. The Labute approximate surface area is 569 Å². The van der Waals surface area contributed by atoms with Crippen LogP contribution in [0.3, 0.4) is 0 Å². The van der Waals surface area contributed by atoms with Gasteiger partial charge in [0.15, 0.2) is 12.4 Å². The molecule has 1 heterocycles. The minimum Gasteiger partial charge on any atom is -0.454 e. The number of hydrogen-bond donors (Lipinski definition) is 6. The van der Waals surface area contributed by atoms with Crippen LogP contribution in [0.1, 0.15) is 310 Å². The van der Waals surface area contributed by atoms with E-state index in [-0.39, 0.29) is 19.4 Å². The van der Waals surface area contributed by atoms with Gasteiger partial charge in [-0.05, 0) is 122 Å². The SMILES string of the molecule is CC/C=C\C/C=C\C/C=C\C/C=C\C/C=C\C/C=C\CCCCCCCC(O)C(=O)NC(COC1OC(CO)C(O)C(O)C1OC(=O)CCCCCCCCCCCCC/C=C\C/C=C\C/C=C\C/C=C\CCCCC)C(O)/C=C/CCCCCCCCCCCCC. The van der Waals surface area contributed by atoms with Crippen LogP contribution in [0.2, 0.25) is 0 Å². The highest BCUT2D eigenvalue weighted by molar-refractivity contribution is 5.80. The number of ether oxygens (including phenoxy) is 3. The highest BCUT2D eigenvalue weighted by atomic mass is 16.7. The molecule has 0 aromatic heterocycles. The molecule has 1 aliphatic heterocycles. The third-order valence-corrected chi connectivity index (χ3v) is 17.0. The second-order valence-corrected chi connectivity index (χ2v) is 25.6. The molecular weight excluding hydrogens is 1160 g/mol. The van der Waals surface area contributed by atoms with Gasteiger partial charge in [-0.15, -0.1) is 0 Å². The van der Waals surface area contributed by atoms with Crippen LogP contribution in [0.5, 0.6) is 0 Å². The van der Waals surface area contributed by atoms with Gasteiger partial charge in [-0.3, -0.25) is 9.59 Å². The Bertz CT molecular complexity index is 2030. The van der Waals surface area contributed by atoms with Crippen LogP contribution in [-0.4, -0.2) is 99.6 Å². The molecule has 11 nitrogen and oxygen atoms in total. The standard InChI is InChI=1S/C82H139NO10/c1-4-7-10-13-16-19-22-25-27-29-31-33-35-37-38-39-41-43-45-47-49-52-55-58-61-64-67-70-77(87)93-80-79(89)78(88)76(71-84)92-82(80)91-72-73(74(85)68-65-62-59-56-53-50-24-21-18-15-12-9-6-3)83-81(90)75(86)69-66-63-60-57-54-51-48-46-44-42-40-36-34-32-30-28-26-23-20-17-14-11-8-5-2/h8,11,16-17,19-20,25-28,31-34,37-38,40,42,46,48,65,68,73-76,78-80,82,84-86,88-89H,4-7,9-10,12-15,18,21-24,29-30,35-36,39,41,43-45,47,49-64,66-67,69-72H2,1-3H3,(H,83,90)/b11-8-,19-16-,20-17-,27-25-,28-26-,33-31-,34-32-,38-37-,42-40-,48-46-,68-65+.